The van der Waals surface area contributed by atoms with Crippen LogP contribution in [0, 0.1) is 0 Å². The Kier molecular flexibility index (Phi) is 6.14. The molecule has 33 heavy (non-hydrogen) atoms. The van der Waals surface area contributed by atoms with Crippen LogP contribution in [0.4, 0.5) is 11.4 Å². The van der Waals surface area contributed by atoms with Crippen molar-refractivity contribution >= 4 is 33.2 Å². The average molecular weight is 469 g/mol. The zero-order chi connectivity index (χ0) is 23.9. The quantitative estimate of drug-likeness (QED) is 0.634. The van der Waals surface area contributed by atoms with Crippen molar-refractivity contribution in [3.05, 3.63) is 59.7 Å². The summed E-state index contributed by atoms with van der Waals surface area (Å²) in [6.45, 7) is 9.05. The van der Waals surface area contributed by atoms with Crippen LogP contribution in [0.2, 0.25) is 0 Å². The summed E-state index contributed by atoms with van der Waals surface area (Å²) >= 11 is 0. The molecule has 2 heterocycles. The maximum absolute atomic E-state index is 12.8. The molecule has 176 valence electrons. The fourth-order valence-corrected chi connectivity index (χ4v) is 6.36. The van der Waals surface area contributed by atoms with Crippen molar-refractivity contribution in [1.29, 1.82) is 0 Å². The lowest BCUT2D eigenvalue weighted by molar-refractivity contribution is -0.114. The summed E-state index contributed by atoms with van der Waals surface area (Å²) in [5.74, 6) is 0.0661. The van der Waals surface area contributed by atoms with Crippen molar-refractivity contribution in [2.24, 2.45) is 0 Å². The van der Waals surface area contributed by atoms with Gasteiger partial charge < -0.3 is 15.0 Å². The number of carbonyl (C=O) groups excluding carboxylic acids is 1. The first-order valence-electron chi connectivity index (χ1n) is 11.5. The van der Waals surface area contributed by atoms with Crippen molar-refractivity contribution in [3.63, 3.8) is 0 Å². The molecular weight excluding hydrogens is 436 g/mol. The molecular formula is C26H32N2O4S. The van der Waals surface area contributed by atoms with Gasteiger partial charge in [-0.3, -0.25) is 4.79 Å². The van der Waals surface area contributed by atoms with Gasteiger partial charge >= 0.3 is 0 Å². The molecule has 1 amide bonds. The van der Waals surface area contributed by atoms with E-state index in [4.69, 9.17) is 4.74 Å². The Balaban J connectivity index is 1.68. The molecule has 2 aliphatic rings. The van der Waals surface area contributed by atoms with E-state index >= 15 is 0 Å². The average Bonchev–Trinajstić information content (AvgIpc) is 3.28. The summed E-state index contributed by atoms with van der Waals surface area (Å²) in [7, 11) is -3.31. The standard InChI is InChI=1S/C26H32N2O4S/c1-5-6-17-33(30,31)22-11-12-24-23(18-22)25(3,4)26(28(24)15-16-32-26)14-13-20-7-9-21(10-8-20)27-19(2)29/h7-14,18H,5-6,15-17H2,1-4H3,(H,27,29)/b14-13+. The van der Waals surface area contributed by atoms with Crippen LogP contribution in [0.5, 0.6) is 0 Å². The van der Waals surface area contributed by atoms with Gasteiger partial charge in [0.2, 0.25) is 5.91 Å². The second kappa shape index (κ2) is 8.61. The van der Waals surface area contributed by atoms with E-state index in [1.54, 1.807) is 6.07 Å². The summed E-state index contributed by atoms with van der Waals surface area (Å²) in [6, 6.07) is 13.2. The van der Waals surface area contributed by atoms with Crippen molar-refractivity contribution in [1.82, 2.24) is 0 Å². The first-order valence-corrected chi connectivity index (χ1v) is 13.1. The summed E-state index contributed by atoms with van der Waals surface area (Å²) < 4.78 is 32.1. The smallest absolute Gasteiger partial charge is 0.221 e. The van der Waals surface area contributed by atoms with Crippen molar-refractivity contribution in [2.75, 3.05) is 29.1 Å². The third-order valence-corrected chi connectivity index (χ3v) is 8.52. The van der Waals surface area contributed by atoms with Gasteiger partial charge in [0.15, 0.2) is 15.6 Å². The Hall–Kier alpha value is -2.64. The Morgan fingerprint density at radius 2 is 1.91 bits per heavy atom. The number of rotatable bonds is 7. The van der Waals surface area contributed by atoms with Crippen molar-refractivity contribution in [3.8, 4) is 0 Å². The minimum Gasteiger partial charge on any atom is -0.349 e. The molecule has 6 nitrogen and oxygen atoms in total. The predicted molar refractivity (Wildman–Crippen MR) is 132 cm³/mol. The van der Waals surface area contributed by atoms with E-state index < -0.39 is 21.0 Å². The molecule has 2 aromatic carbocycles. The highest BCUT2D eigenvalue weighted by Crippen LogP contribution is 2.55. The third kappa shape index (κ3) is 4.08. The molecule has 2 aromatic rings. The molecule has 1 atom stereocenters. The molecule has 0 radical (unpaired) electrons. The zero-order valence-electron chi connectivity index (χ0n) is 19.7. The number of fused-ring (bicyclic) bond motifs is 3. The fraction of sp³-hybridized carbons (Fsp3) is 0.423. The first-order chi connectivity index (χ1) is 15.6. The SMILES string of the molecule is CCCCS(=O)(=O)c1ccc2c(c1)C(C)(C)C1(/C=C/c3ccc(NC(C)=O)cc3)OCCN21. The number of carbonyl (C=O) groups is 1. The molecule has 0 bridgehead atoms. The van der Waals surface area contributed by atoms with E-state index in [9.17, 15) is 13.2 Å². The molecule has 0 saturated carbocycles. The molecule has 0 aliphatic carbocycles. The van der Waals surface area contributed by atoms with E-state index in [1.165, 1.54) is 6.92 Å². The summed E-state index contributed by atoms with van der Waals surface area (Å²) in [4.78, 5) is 13.9. The van der Waals surface area contributed by atoms with E-state index in [2.05, 4.69) is 30.1 Å². The number of sulfone groups is 1. The second-order valence-corrected chi connectivity index (χ2v) is 11.4. The van der Waals surface area contributed by atoms with Gasteiger partial charge in [-0.1, -0.05) is 45.4 Å². The van der Waals surface area contributed by atoms with Crippen LogP contribution in [-0.2, 0) is 24.8 Å². The van der Waals surface area contributed by atoms with Crippen LogP contribution in [0.3, 0.4) is 0 Å². The highest BCUT2D eigenvalue weighted by molar-refractivity contribution is 7.91. The molecule has 7 heteroatoms. The largest absolute Gasteiger partial charge is 0.349 e. The van der Waals surface area contributed by atoms with Gasteiger partial charge in [0, 0.05) is 30.3 Å². The second-order valence-electron chi connectivity index (χ2n) is 9.31. The van der Waals surface area contributed by atoms with Crippen LogP contribution in [0.15, 0.2) is 53.4 Å². The lowest BCUT2D eigenvalue weighted by Crippen LogP contribution is -2.51. The minimum atomic E-state index is -3.31. The lowest BCUT2D eigenvalue weighted by Gasteiger charge is -2.39. The number of anilines is 2. The monoisotopic (exact) mass is 468 g/mol. The molecule has 1 N–H and O–H groups in total. The number of nitrogens with one attached hydrogen (secondary N) is 1. The van der Waals surface area contributed by atoms with Gasteiger partial charge in [-0.25, -0.2) is 8.42 Å². The molecule has 4 rings (SSSR count). The van der Waals surface area contributed by atoms with Crippen LogP contribution >= 0.6 is 0 Å². The summed E-state index contributed by atoms with van der Waals surface area (Å²) in [5.41, 5.74) is 2.60. The molecule has 0 aromatic heterocycles. The van der Waals surface area contributed by atoms with Crippen LogP contribution < -0.4 is 10.2 Å². The van der Waals surface area contributed by atoms with Crippen molar-refractivity contribution in [2.45, 2.75) is 56.6 Å². The molecule has 0 spiro atoms. The minimum absolute atomic E-state index is 0.103. The predicted octanol–water partition coefficient (Wildman–Crippen LogP) is 4.76. The number of ether oxygens (including phenoxy) is 1. The topological polar surface area (TPSA) is 75.7 Å². The van der Waals surface area contributed by atoms with Gasteiger partial charge in [-0.05, 0) is 54.0 Å². The van der Waals surface area contributed by atoms with Crippen LogP contribution in [0.1, 0.15) is 51.7 Å². The van der Waals surface area contributed by atoms with E-state index in [0.29, 0.717) is 17.9 Å². The van der Waals surface area contributed by atoms with E-state index in [0.717, 1.165) is 35.5 Å². The van der Waals surface area contributed by atoms with Crippen LogP contribution in [-0.4, -0.2) is 39.0 Å². The van der Waals surface area contributed by atoms with Gasteiger partial charge in [-0.15, -0.1) is 0 Å². The maximum atomic E-state index is 12.8. The third-order valence-electron chi connectivity index (χ3n) is 6.72. The number of hydrogen-bond donors (Lipinski definition) is 1. The number of amides is 1. The van der Waals surface area contributed by atoms with Gasteiger partial charge in [0.25, 0.3) is 0 Å². The molecule has 2 aliphatic heterocycles. The van der Waals surface area contributed by atoms with E-state index in [1.807, 2.05) is 49.4 Å². The lowest BCUT2D eigenvalue weighted by atomic mass is 9.77. The van der Waals surface area contributed by atoms with Gasteiger partial charge in [0.05, 0.1) is 17.3 Å². The molecule has 1 unspecified atom stereocenters. The number of unbranched alkanes of at least 4 members (excludes halogenated alkanes) is 1. The molecule has 1 fully saturated rings. The zero-order valence-corrected chi connectivity index (χ0v) is 20.5. The number of hydrogen-bond acceptors (Lipinski definition) is 5. The van der Waals surface area contributed by atoms with Crippen molar-refractivity contribution < 1.29 is 17.9 Å². The fourth-order valence-electron chi connectivity index (χ4n) is 4.88. The Labute approximate surface area is 196 Å². The number of benzene rings is 2. The maximum Gasteiger partial charge on any atom is 0.221 e. The highest BCUT2D eigenvalue weighted by Gasteiger charge is 2.59. The van der Waals surface area contributed by atoms with Gasteiger partial charge in [-0.2, -0.15) is 0 Å². The summed E-state index contributed by atoms with van der Waals surface area (Å²) in [6.07, 6.45) is 5.61. The summed E-state index contributed by atoms with van der Waals surface area (Å²) in [5, 5.41) is 2.77. The van der Waals surface area contributed by atoms with Gasteiger partial charge in [0.1, 0.15) is 0 Å². The molecule has 1 saturated heterocycles. The Morgan fingerprint density at radius 3 is 2.58 bits per heavy atom. The Bertz CT molecular complexity index is 1190. The van der Waals surface area contributed by atoms with E-state index in [-0.39, 0.29) is 11.7 Å². The highest BCUT2D eigenvalue weighted by atomic mass is 32.2. The first kappa shape index (κ1) is 23.5. The van der Waals surface area contributed by atoms with Crippen LogP contribution in [0.25, 0.3) is 6.08 Å². The normalized spacial score (nSPS) is 21.3. The number of nitrogens with zero attached hydrogens (tertiary/aromatic N) is 1. The Morgan fingerprint density at radius 1 is 1.18 bits per heavy atom.